The van der Waals surface area contributed by atoms with Crippen molar-refractivity contribution in [3.63, 3.8) is 0 Å². The zero-order valence-corrected chi connectivity index (χ0v) is 15.1. The first kappa shape index (κ1) is 16.9. The molecule has 0 aliphatic heterocycles. The number of rotatable bonds is 6. The smallest absolute Gasteiger partial charge is 0.195 e. The molecule has 1 heterocycles. The second kappa shape index (κ2) is 7.73. The lowest BCUT2D eigenvalue weighted by Crippen LogP contribution is -2.03. The molecule has 1 aromatic heterocycles. The molecule has 2 aromatic carbocycles. The largest absolute Gasteiger partial charge is 0.493 e. The van der Waals surface area contributed by atoms with Crippen molar-refractivity contribution in [2.75, 3.05) is 12.4 Å². The third-order valence-electron chi connectivity index (χ3n) is 3.48. The second-order valence-electron chi connectivity index (χ2n) is 5.35. The van der Waals surface area contributed by atoms with Crippen LogP contribution in [0.5, 0.6) is 5.75 Å². The molecular weight excluding hydrogens is 342 g/mol. The van der Waals surface area contributed by atoms with E-state index in [1.807, 2.05) is 60.0 Å². The Morgan fingerprint density at radius 2 is 1.71 bits per heavy atom. The number of aromatic nitrogens is 3. The zero-order valence-electron chi connectivity index (χ0n) is 13.6. The molecule has 124 valence electrons. The highest BCUT2D eigenvalue weighted by Crippen LogP contribution is 2.23. The fraction of sp³-hybridized carbons (Fsp3) is 0.222. The number of thioether (sulfide) groups is 1. The van der Waals surface area contributed by atoms with E-state index in [9.17, 15) is 0 Å². The van der Waals surface area contributed by atoms with Gasteiger partial charge in [0.1, 0.15) is 11.6 Å². The van der Waals surface area contributed by atoms with Crippen LogP contribution in [0.4, 0.5) is 0 Å². The fourth-order valence-electron chi connectivity index (χ4n) is 2.25. The summed E-state index contributed by atoms with van der Waals surface area (Å²) in [6.07, 6.45) is 0. The van der Waals surface area contributed by atoms with Crippen LogP contribution >= 0.6 is 23.4 Å². The lowest BCUT2D eigenvalue weighted by molar-refractivity contribution is 0.344. The van der Waals surface area contributed by atoms with E-state index < -0.39 is 0 Å². The van der Waals surface area contributed by atoms with Crippen molar-refractivity contribution in [1.29, 1.82) is 0 Å². The summed E-state index contributed by atoms with van der Waals surface area (Å²) in [6, 6.07) is 15.7. The van der Waals surface area contributed by atoms with Crippen molar-refractivity contribution in [2.24, 2.45) is 0 Å². The van der Waals surface area contributed by atoms with E-state index in [2.05, 4.69) is 17.1 Å². The number of aryl methyl sites for hydroxylation is 2. The fourth-order valence-corrected chi connectivity index (χ4v) is 3.19. The van der Waals surface area contributed by atoms with E-state index in [1.165, 1.54) is 5.56 Å². The summed E-state index contributed by atoms with van der Waals surface area (Å²) in [4.78, 5) is 0. The van der Waals surface area contributed by atoms with Crippen LogP contribution in [0.3, 0.4) is 0 Å². The maximum atomic E-state index is 5.96. The topological polar surface area (TPSA) is 39.9 Å². The van der Waals surface area contributed by atoms with Crippen LogP contribution in [0.2, 0.25) is 5.02 Å². The van der Waals surface area contributed by atoms with E-state index in [0.29, 0.717) is 11.6 Å². The molecule has 0 saturated carbocycles. The van der Waals surface area contributed by atoms with Crippen LogP contribution in [0.25, 0.3) is 5.69 Å². The first-order valence-electron chi connectivity index (χ1n) is 7.64. The maximum absolute atomic E-state index is 5.96. The van der Waals surface area contributed by atoms with Crippen LogP contribution in [-0.2, 0) is 0 Å². The SMILES string of the molecule is Cc1ccc(OCCSc2nnc(C)n2-c2ccc(Cl)cc2)cc1. The molecule has 0 fully saturated rings. The first-order chi connectivity index (χ1) is 11.6. The predicted octanol–water partition coefficient (Wildman–Crippen LogP) is 4.71. The van der Waals surface area contributed by atoms with Gasteiger partial charge >= 0.3 is 0 Å². The van der Waals surface area contributed by atoms with Crippen molar-refractivity contribution in [3.8, 4) is 11.4 Å². The summed E-state index contributed by atoms with van der Waals surface area (Å²) in [7, 11) is 0. The first-order valence-corrected chi connectivity index (χ1v) is 9.00. The minimum atomic E-state index is 0.611. The molecule has 4 nitrogen and oxygen atoms in total. The van der Waals surface area contributed by atoms with Gasteiger partial charge in [-0.15, -0.1) is 10.2 Å². The molecule has 24 heavy (non-hydrogen) atoms. The molecule has 0 saturated heterocycles. The molecular formula is C18H18ClN3OS. The van der Waals surface area contributed by atoms with Gasteiger partial charge in [0.2, 0.25) is 0 Å². The Kier molecular flexibility index (Phi) is 5.43. The Morgan fingerprint density at radius 3 is 2.42 bits per heavy atom. The molecule has 0 radical (unpaired) electrons. The number of hydrogen-bond acceptors (Lipinski definition) is 4. The van der Waals surface area contributed by atoms with Gasteiger partial charge < -0.3 is 4.74 Å². The maximum Gasteiger partial charge on any atom is 0.195 e. The highest BCUT2D eigenvalue weighted by atomic mass is 35.5. The number of nitrogens with zero attached hydrogens (tertiary/aromatic N) is 3. The molecule has 0 aliphatic carbocycles. The summed E-state index contributed by atoms with van der Waals surface area (Å²) in [5.41, 5.74) is 2.23. The van der Waals surface area contributed by atoms with Crippen molar-refractivity contribution < 1.29 is 4.74 Å². The van der Waals surface area contributed by atoms with E-state index in [0.717, 1.165) is 28.2 Å². The van der Waals surface area contributed by atoms with Crippen LogP contribution in [0.1, 0.15) is 11.4 Å². The average Bonchev–Trinajstić information content (AvgIpc) is 2.95. The van der Waals surface area contributed by atoms with Gasteiger partial charge in [-0.3, -0.25) is 4.57 Å². The van der Waals surface area contributed by atoms with Gasteiger partial charge in [-0.05, 0) is 50.2 Å². The van der Waals surface area contributed by atoms with Gasteiger partial charge in [0.25, 0.3) is 0 Å². The lowest BCUT2D eigenvalue weighted by atomic mass is 10.2. The van der Waals surface area contributed by atoms with E-state index in [4.69, 9.17) is 16.3 Å². The van der Waals surface area contributed by atoms with Gasteiger partial charge in [-0.1, -0.05) is 41.1 Å². The highest BCUT2D eigenvalue weighted by Gasteiger charge is 2.11. The van der Waals surface area contributed by atoms with E-state index in [-0.39, 0.29) is 0 Å². The third-order valence-corrected chi connectivity index (χ3v) is 4.63. The molecule has 0 N–H and O–H groups in total. The third kappa shape index (κ3) is 4.10. The summed E-state index contributed by atoms with van der Waals surface area (Å²) >= 11 is 7.58. The summed E-state index contributed by atoms with van der Waals surface area (Å²) in [5.74, 6) is 2.52. The molecule has 6 heteroatoms. The number of ether oxygens (including phenoxy) is 1. The molecule has 0 aliphatic rings. The minimum Gasteiger partial charge on any atom is -0.493 e. The Balaban J connectivity index is 1.61. The molecule has 3 rings (SSSR count). The van der Waals surface area contributed by atoms with Crippen molar-refractivity contribution in [1.82, 2.24) is 14.8 Å². The Labute approximate surface area is 150 Å². The quantitative estimate of drug-likeness (QED) is 0.472. The van der Waals surface area contributed by atoms with Crippen LogP contribution in [0.15, 0.2) is 53.7 Å². The van der Waals surface area contributed by atoms with E-state index >= 15 is 0 Å². The molecule has 0 atom stereocenters. The predicted molar refractivity (Wildman–Crippen MR) is 98.5 cm³/mol. The monoisotopic (exact) mass is 359 g/mol. The summed E-state index contributed by atoms with van der Waals surface area (Å²) < 4.78 is 7.78. The normalized spacial score (nSPS) is 10.8. The van der Waals surface area contributed by atoms with Gasteiger partial charge in [0.05, 0.1) is 6.61 Å². The summed E-state index contributed by atoms with van der Waals surface area (Å²) in [5, 5.41) is 10.0. The van der Waals surface area contributed by atoms with Gasteiger partial charge in [0.15, 0.2) is 5.16 Å². The molecule has 0 unspecified atom stereocenters. The van der Waals surface area contributed by atoms with Gasteiger partial charge in [-0.2, -0.15) is 0 Å². The Hall–Kier alpha value is -1.98. The van der Waals surface area contributed by atoms with Gasteiger partial charge in [-0.25, -0.2) is 0 Å². The number of halogens is 1. The van der Waals surface area contributed by atoms with Gasteiger partial charge in [0, 0.05) is 16.5 Å². The van der Waals surface area contributed by atoms with Crippen LogP contribution < -0.4 is 4.74 Å². The van der Waals surface area contributed by atoms with Crippen LogP contribution in [0, 0.1) is 13.8 Å². The molecule has 0 spiro atoms. The summed E-state index contributed by atoms with van der Waals surface area (Å²) in [6.45, 7) is 4.61. The standard InChI is InChI=1S/C18H18ClN3OS/c1-13-3-9-17(10-4-13)23-11-12-24-18-21-20-14(2)22(18)16-7-5-15(19)6-8-16/h3-10H,11-12H2,1-2H3. The van der Waals surface area contributed by atoms with E-state index in [1.54, 1.807) is 11.8 Å². The van der Waals surface area contributed by atoms with Crippen LogP contribution in [-0.4, -0.2) is 27.1 Å². The van der Waals surface area contributed by atoms with Crippen molar-refractivity contribution in [3.05, 3.63) is 64.9 Å². The number of hydrogen-bond donors (Lipinski definition) is 0. The lowest BCUT2D eigenvalue weighted by Gasteiger charge is -2.09. The Morgan fingerprint density at radius 1 is 1.00 bits per heavy atom. The minimum absolute atomic E-state index is 0.611. The highest BCUT2D eigenvalue weighted by molar-refractivity contribution is 7.99. The Bertz CT molecular complexity index is 800. The molecule has 0 amide bonds. The van der Waals surface area contributed by atoms with Crippen molar-refractivity contribution >= 4 is 23.4 Å². The average molecular weight is 360 g/mol. The second-order valence-corrected chi connectivity index (χ2v) is 6.85. The molecule has 3 aromatic rings. The number of benzene rings is 2. The zero-order chi connectivity index (χ0) is 16.9. The van der Waals surface area contributed by atoms with Crippen molar-refractivity contribution in [2.45, 2.75) is 19.0 Å². The molecule has 0 bridgehead atoms.